The third-order valence-corrected chi connectivity index (χ3v) is 6.29. The Balaban J connectivity index is 1.67. The van der Waals surface area contributed by atoms with Crippen molar-refractivity contribution in [2.75, 3.05) is 6.79 Å². The van der Waals surface area contributed by atoms with Crippen molar-refractivity contribution in [2.45, 2.75) is 39.5 Å². The number of rotatable bonds is 1. The van der Waals surface area contributed by atoms with Crippen LogP contribution < -0.4 is 15.0 Å². The molecule has 3 aliphatic heterocycles. The molecule has 0 saturated heterocycles. The van der Waals surface area contributed by atoms with Gasteiger partial charge in [-0.15, -0.1) is 0 Å². The SMILES string of the molecule is CCc1c2c(nc3cc4c(c(C)c13)OCO4)-c1cc3c(c(=O)n1C2)COC(=O)C3O. The van der Waals surface area contributed by atoms with Crippen molar-refractivity contribution in [1.29, 1.82) is 0 Å². The summed E-state index contributed by atoms with van der Waals surface area (Å²) < 4.78 is 17.8. The lowest BCUT2D eigenvalue weighted by molar-refractivity contribution is -0.157. The normalized spacial score (nSPS) is 18.2. The van der Waals surface area contributed by atoms with E-state index in [2.05, 4.69) is 6.92 Å². The van der Waals surface area contributed by atoms with Crippen LogP contribution in [0.1, 0.15) is 40.8 Å². The first-order chi connectivity index (χ1) is 14.5. The Labute approximate surface area is 170 Å². The number of fused-ring (bicyclic) bond motifs is 6. The lowest BCUT2D eigenvalue weighted by Crippen LogP contribution is -2.32. The Morgan fingerprint density at radius 1 is 1.20 bits per heavy atom. The molecule has 0 radical (unpaired) electrons. The van der Waals surface area contributed by atoms with E-state index in [1.54, 1.807) is 10.6 Å². The highest BCUT2D eigenvalue weighted by Crippen LogP contribution is 2.44. The summed E-state index contributed by atoms with van der Waals surface area (Å²) in [5.74, 6) is 0.656. The highest BCUT2D eigenvalue weighted by atomic mass is 16.7. The van der Waals surface area contributed by atoms with Gasteiger partial charge in [0, 0.05) is 28.1 Å². The Bertz CT molecular complexity index is 1360. The Hall–Kier alpha value is -3.39. The summed E-state index contributed by atoms with van der Waals surface area (Å²) >= 11 is 0. The molecule has 1 atom stereocenters. The highest BCUT2D eigenvalue weighted by Gasteiger charge is 2.35. The van der Waals surface area contributed by atoms with E-state index in [0.717, 1.165) is 39.8 Å². The second-order valence-electron chi connectivity index (χ2n) is 7.77. The Morgan fingerprint density at radius 3 is 2.83 bits per heavy atom. The summed E-state index contributed by atoms with van der Waals surface area (Å²) in [6, 6.07) is 3.57. The van der Waals surface area contributed by atoms with E-state index in [1.165, 1.54) is 0 Å². The van der Waals surface area contributed by atoms with E-state index >= 15 is 0 Å². The molecule has 6 rings (SSSR count). The van der Waals surface area contributed by atoms with Gasteiger partial charge in [-0.25, -0.2) is 9.78 Å². The first-order valence-corrected chi connectivity index (χ1v) is 9.86. The van der Waals surface area contributed by atoms with Crippen molar-refractivity contribution < 1.29 is 24.1 Å². The van der Waals surface area contributed by atoms with Crippen LogP contribution in [-0.2, 0) is 29.1 Å². The zero-order valence-corrected chi connectivity index (χ0v) is 16.4. The van der Waals surface area contributed by atoms with Gasteiger partial charge in [0.05, 0.1) is 29.0 Å². The molecule has 5 heterocycles. The molecule has 0 bridgehead atoms. The molecular weight excluding hydrogens is 388 g/mol. The number of cyclic esters (lactones) is 1. The number of hydrogen-bond acceptors (Lipinski definition) is 7. The van der Waals surface area contributed by atoms with Crippen LogP contribution in [0.15, 0.2) is 16.9 Å². The topological polar surface area (TPSA) is 99.9 Å². The highest BCUT2D eigenvalue weighted by molar-refractivity contribution is 5.94. The van der Waals surface area contributed by atoms with E-state index in [9.17, 15) is 14.7 Å². The molecule has 1 N–H and O–H groups in total. The third-order valence-electron chi connectivity index (χ3n) is 6.29. The minimum atomic E-state index is -1.46. The predicted octanol–water partition coefficient (Wildman–Crippen LogP) is 2.11. The number of pyridine rings is 2. The molecule has 0 spiro atoms. The van der Waals surface area contributed by atoms with Crippen molar-refractivity contribution in [2.24, 2.45) is 0 Å². The smallest absolute Gasteiger partial charge is 0.340 e. The number of aliphatic hydroxyl groups is 1. The van der Waals surface area contributed by atoms with Gasteiger partial charge in [-0.1, -0.05) is 6.92 Å². The van der Waals surface area contributed by atoms with Gasteiger partial charge >= 0.3 is 5.97 Å². The fourth-order valence-corrected chi connectivity index (χ4v) is 4.87. The zero-order chi connectivity index (χ0) is 20.7. The number of esters is 1. The molecule has 8 nitrogen and oxygen atoms in total. The van der Waals surface area contributed by atoms with Crippen molar-refractivity contribution in [3.8, 4) is 22.9 Å². The van der Waals surface area contributed by atoms with Crippen molar-refractivity contribution in [3.05, 3.63) is 50.3 Å². The first-order valence-electron chi connectivity index (χ1n) is 9.86. The molecule has 8 heteroatoms. The van der Waals surface area contributed by atoms with E-state index in [-0.39, 0.29) is 19.0 Å². The summed E-state index contributed by atoms with van der Waals surface area (Å²) in [6.45, 7) is 4.52. The number of ether oxygens (including phenoxy) is 3. The largest absolute Gasteiger partial charge is 0.458 e. The minimum Gasteiger partial charge on any atom is -0.458 e. The molecule has 0 aliphatic carbocycles. The summed E-state index contributed by atoms with van der Waals surface area (Å²) in [5.41, 5.74) is 5.50. The number of aryl methyl sites for hydroxylation is 2. The first kappa shape index (κ1) is 17.5. The molecule has 3 aromatic rings. The zero-order valence-electron chi connectivity index (χ0n) is 16.4. The lowest BCUT2D eigenvalue weighted by atomic mass is 9.94. The predicted molar refractivity (Wildman–Crippen MR) is 106 cm³/mol. The maximum absolute atomic E-state index is 13.1. The monoisotopic (exact) mass is 406 g/mol. The van der Waals surface area contributed by atoms with E-state index < -0.39 is 12.1 Å². The molecule has 152 valence electrons. The number of carbonyl (C=O) groups is 1. The quantitative estimate of drug-likeness (QED) is 0.483. The molecule has 1 aromatic carbocycles. The molecule has 3 aliphatic rings. The molecule has 1 unspecified atom stereocenters. The van der Waals surface area contributed by atoms with Crippen LogP contribution in [0.4, 0.5) is 0 Å². The second-order valence-corrected chi connectivity index (χ2v) is 7.77. The van der Waals surface area contributed by atoms with Crippen LogP contribution in [0.5, 0.6) is 11.5 Å². The maximum atomic E-state index is 13.1. The van der Waals surface area contributed by atoms with Gasteiger partial charge in [0.2, 0.25) is 6.79 Å². The third kappa shape index (κ3) is 2.06. The molecular formula is C22H18N2O6. The van der Waals surface area contributed by atoms with Crippen LogP contribution in [-0.4, -0.2) is 27.4 Å². The average molecular weight is 406 g/mol. The average Bonchev–Trinajstić information content (AvgIpc) is 3.35. The van der Waals surface area contributed by atoms with Crippen LogP contribution in [0.25, 0.3) is 22.3 Å². The van der Waals surface area contributed by atoms with Crippen molar-refractivity contribution in [1.82, 2.24) is 9.55 Å². The van der Waals surface area contributed by atoms with Gasteiger partial charge < -0.3 is 23.9 Å². The summed E-state index contributed by atoms with van der Waals surface area (Å²) in [5, 5.41) is 11.3. The van der Waals surface area contributed by atoms with E-state index in [4.69, 9.17) is 19.2 Å². The molecule has 30 heavy (non-hydrogen) atoms. The van der Waals surface area contributed by atoms with Gasteiger partial charge in [0.15, 0.2) is 17.6 Å². The van der Waals surface area contributed by atoms with Gasteiger partial charge in [-0.05, 0) is 25.0 Å². The van der Waals surface area contributed by atoms with Crippen LogP contribution in [0.2, 0.25) is 0 Å². The number of aliphatic hydroxyl groups excluding tert-OH is 1. The Kier molecular flexibility index (Phi) is 3.39. The fourth-order valence-electron chi connectivity index (χ4n) is 4.87. The van der Waals surface area contributed by atoms with E-state index in [1.807, 2.05) is 13.0 Å². The summed E-state index contributed by atoms with van der Waals surface area (Å²) in [6.07, 6.45) is -0.701. The maximum Gasteiger partial charge on any atom is 0.340 e. The Morgan fingerprint density at radius 2 is 2.03 bits per heavy atom. The van der Waals surface area contributed by atoms with Gasteiger partial charge in [0.25, 0.3) is 5.56 Å². The fraction of sp³-hybridized carbons (Fsp3) is 0.318. The van der Waals surface area contributed by atoms with Crippen molar-refractivity contribution in [3.63, 3.8) is 0 Å². The molecule has 0 fully saturated rings. The van der Waals surface area contributed by atoms with E-state index in [0.29, 0.717) is 34.8 Å². The summed E-state index contributed by atoms with van der Waals surface area (Å²) in [4.78, 5) is 29.8. The molecule has 2 aromatic heterocycles. The molecule has 0 saturated carbocycles. The van der Waals surface area contributed by atoms with Crippen LogP contribution in [0, 0.1) is 6.92 Å². The van der Waals surface area contributed by atoms with Gasteiger partial charge in [0.1, 0.15) is 6.61 Å². The number of nitrogens with zero attached hydrogens (tertiary/aromatic N) is 2. The van der Waals surface area contributed by atoms with Crippen LogP contribution in [0.3, 0.4) is 0 Å². The second kappa shape index (κ2) is 5.82. The number of aromatic nitrogens is 2. The molecule has 0 amide bonds. The van der Waals surface area contributed by atoms with Gasteiger partial charge in [-0.3, -0.25) is 4.79 Å². The van der Waals surface area contributed by atoms with Crippen LogP contribution >= 0.6 is 0 Å². The van der Waals surface area contributed by atoms with Gasteiger partial charge in [-0.2, -0.15) is 0 Å². The van der Waals surface area contributed by atoms with Crippen molar-refractivity contribution >= 4 is 16.9 Å². The number of hydrogen-bond donors (Lipinski definition) is 1. The minimum absolute atomic E-state index is 0.128. The summed E-state index contributed by atoms with van der Waals surface area (Å²) in [7, 11) is 0. The lowest BCUT2D eigenvalue weighted by Gasteiger charge is -2.21. The standard InChI is InChI=1S/C22H18N2O6/c1-3-10-12-6-24-15(4-11-13(21(24)26)7-28-22(27)19(11)25)18(12)23-14-5-16-20(30-8-29-16)9(2)17(10)14/h4-5,19,25H,3,6-8H2,1-2H3. The number of benzene rings is 1. The number of carbonyl (C=O) groups excluding carboxylic acids is 1.